The monoisotopic (exact) mass is 401 g/mol. The van der Waals surface area contributed by atoms with E-state index in [1.807, 2.05) is 56.3 Å². The largest absolute Gasteiger partial charge is 0.324 e. The van der Waals surface area contributed by atoms with E-state index in [0.29, 0.717) is 5.69 Å². The average Bonchev–Trinajstić information content (AvgIpc) is 3.42. The number of nitrogens with zero attached hydrogens (tertiary/aromatic N) is 2. The standard InChI is InChI=1S/C24H23N3O3/c1-13-5-8-15(9-6-13)27-21(28)19-18-4-3-11-26(18)24(20(19)22(27)29)16-12-14(2)7-10-17(16)25-23(24)30/h5-10,12,18-20H,3-4,11H2,1-2H3,(H,25,30)/t18-,19+,20-,24+/m0/s1. The first kappa shape index (κ1) is 17.8. The summed E-state index contributed by atoms with van der Waals surface area (Å²) < 4.78 is 0. The Labute approximate surface area is 174 Å². The molecule has 6 heteroatoms. The molecule has 3 amide bonds. The Hall–Kier alpha value is -2.99. The Morgan fingerprint density at radius 1 is 0.967 bits per heavy atom. The van der Waals surface area contributed by atoms with Crippen LogP contribution in [0.5, 0.6) is 0 Å². The number of fused-ring (bicyclic) bond motifs is 7. The van der Waals surface area contributed by atoms with Gasteiger partial charge in [-0.15, -0.1) is 0 Å². The maximum absolute atomic E-state index is 13.8. The van der Waals surface area contributed by atoms with Gasteiger partial charge in [-0.25, -0.2) is 4.90 Å². The van der Waals surface area contributed by atoms with Crippen molar-refractivity contribution >= 4 is 29.1 Å². The number of carbonyl (C=O) groups is 3. The average molecular weight is 401 g/mol. The smallest absolute Gasteiger partial charge is 0.250 e. The van der Waals surface area contributed by atoms with Crippen molar-refractivity contribution in [3.05, 3.63) is 59.2 Å². The Morgan fingerprint density at radius 2 is 1.70 bits per heavy atom. The van der Waals surface area contributed by atoms with Crippen LogP contribution in [0.25, 0.3) is 0 Å². The Morgan fingerprint density at radius 3 is 2.47 bits per heavy atom. The summed E-state index contributed by atoms with van der Waals surface area (Å²) >= 11 is 0. The van der Waals surface area contributed by atoms with Crippen LogP contribution in [-0.4, -0.2) is 35.2 Å². The summed E-state index contributed by atoms with van der Waals surface area (Å²) in [6, 6.07) is 13.2. The molecular weight excluding hydrogens is 378 g/mol. The summed E-state index contributed by atoms with van der Waals surface area (Å²) in [5.74, 6) is -1.78. The van der Waals surface area contributed by atoms with E-state index in [9.17, 15) is 14.4 Å². The van der Waals surface area contributed by atoms with Crippen molar-refractivity contribution in [3.63, 3.8) is 0 Å². The number of rotatable bonds is 1. The molecule has 4 aliphatic heterocycles. The van der Waals surface area contributed by atoms with Crippen molar-refractivity contribution in [2.75, 3.05) is 16.8 Å². The van der Waals surface area contributed by atoms with Gasteiger partial charge < -0.3 is 5.32 Å². The van der Waals surface area contributed by atoms with Crippen LogP contribution in [-0.2, 0) is 19.9 Å². The number of carbonyl (C=O) groups excluding carboxylic acids is 3. The predicted octanol–water partition coefficient (Wildman–Crippen LogP) is 2.73. The van der Waals surface area contributed by atoms with Crippen LogP contribution in [0.2, 0.25) is 0 Å². The highest BCUT2D eigenvalue weighted by atomic mass is 16.2. The maximum Gasteiger partial charge on any atom is 0.250 e. The summed E-state index contributed by atoms with van der Waals surface area (Å²) in [4.78, 5) is 44.5. The van der Waals surface area contributed by atoms with Crippen LogP contribution in [0.3, 0.4) is 0 Å². The van der Waals surface area contributed by atoms with Gasteiger partial charge in [0.25, 0.3) is 0 Å². The lowest BCUT2D eigenvalue weighted by Crippen LogP contribution is -2.54. The lowest BCUT2D eigenvalue weighted by atomic mass is 9.75. The fourth-order valence-electron chi connectivity index (χ4n) is 6.27. The summed E-state index contributed by atoms with van der Waals surface area (Å²) in [5.41, 5.74) is 3.20. The third kappa shape index (κ3) is 1.95. The van der Waals surface area contributed by atoms with Gasteiger partial charge in [-0.1, -0.05) is 35.4 Å². The fraction of sp³-hybridized carbons (Fsp3) is 0.375. The number of imide groups is 1. The van der Waals surface area contributed by atoms with Gasteiger partial charge in [-0.2, -0.15) is 0 Å². The quantitative estimate of drug-likeness (QED) is 0.746. The highest BCUT2D eigenvalue weighted by molar-refractivity contribution is 6.25. The molecule has 4 aliphatic rings. The molecule has 3 saturated heterocycles. The molecule has 3 fully saturated rings. The van der Waals surface area contributed by atoms with Crippen molar-refractivity contribution in [1.82, 2.24) is 4.90 Å². The molecule has 0 aromatic heterocycles. The second-order valence-electron chi connectivity index (χ2n) is 9.02. The van der Waals surface area contributed by atoms with Crippen LogP contribution < -0.4 is 10.2 Å². The summed E-state index contributed by atoms with van der Waals surface area (Å²) in [6.07, 6.45) is 1.76. The minimum Gasteiger partial charge on any atom is -0.324 e. The first-order valence-electron chi connectivity index (χ1n) is 10.6. The number of hydrogen-bond acceptors (Lipinski definition) is 4. The highest BCUT2D eigenvalue weighted by Crippen LogP contribution is 2.60. The SMILES string of the molecule is Cc1ccc(N2C(=O)[C@H]3[C@@H](C2=O)[C@]2(C(=O)Nc4ccc(C)cc42)N2CCC[C@@H]32)cc1. The number of amides is 3. The zero-order valence-electron chi connectivity index (χ0n) is 17.0. The van der Waals surface area contributed by atoms with E-state index in [4.69, 9.17) is 0 Å². The first-order chi connectivity index (χ1) is 14.4. The number of anilines is 2. The van der Waals surface area contributed by atoms with Gasteiger partial charge >= 0.3 is 0 Å². The minimum atomic E-state index is -1.10. The fourth-order valence-corrected chi connectivity index (χ4v) is 6.27. The molecule has 2 aromatic carbocycles. The molecule has 0 radical (unpaired) electrons. The van der Waals surface area contributed by atoms with Crippen molar-refractivity contribution in [1.29, 1.82) is 0 Å². The molecule has 4 atom stereocenters. The molecule has 4 heterocycles. The molecule has 2 aromatic rings. The maximum atomic E-state index is 13.8. The molecule has 1 N–H and O–H groups in total. The van der Waals surface area contributed by atoms with Crippen LogP contribution >= 0.6 is 0 Å². The minimum absolute atomic E-state index is 0.0842. The topological polar surface area (TPSA) is 69.7 Å². The van der Waals surface area contributed by atoms with E-state index < -0.39 is 17.4 Å². The van der Waals surface area contributed by atoms with E-state index in [-0.39, 0.29) is 23.8 Å². The Bertz CT molecular complexity index is 1130. The van der Waals surface area contributed by atoms with Gasteiger partial charge in [0, 0.05) is 17.3 Å². The molecule has 152 valence electrons. The summed E-state index contributed by atoms with van der Waals surface area (Å²) in [5, 5.41) is 3.02. The number of aryl methyl sites for hydroxylation is 2. The Kier molecular flexibility index (Phi) is 3.44. The van der Waals surface area contributed by atoms with Crippen LogP contribution in [0, 0.1) is 25.7 Å². The van der Waals surface area contributed by atoms with Gasteiger partial charge in [0.15, 0.2) is 0 Å². The van der Waals surface area contributed by atoms with Crippen LogP contribution in [0.4, 0.5) is 11.4 Å². The lowest BCUT2D eigenvalue weighted by Gasteiger charge is -2.36. The highest BCUT2D eigenvalue weighted by Gasteiger charge is 2.74. The molecule has 6 nitrogen and oxygen atoms in total. The summed E-state index contributed by atoms with van der Waals surface area (Å²) in [7, 11) is 0. The van der Waals surface area contributed by atoms with E-state index in [1.54, 1.807) is 0 Å². The van der Waals surface area contributed by atoms with Gasteiger partial charge in [-0.05, 0) is 51.4 Å². The summed E-state index contributed by atoms with van der Waals surface area (Å²) in [6.45, 7) is 4.69. The van der Waals surface area contributed by atoms with Crippen molar-refractivity contribution in [2.24, 2.45) is 11.8 Å². The molecule has 0 unspecified atom stereocenters. The van der Waals surface area contributed by atoms with E-state index >= 15 is 0 Å². The lowest BCUT2D eigenvalue weighted by molar-refractivity contribution is -0.135. The van der Waals surface area contributed by atoms with Gasteiger partial charge in [0.05, 0.1) is 17.5 Å². The zero-order valence-corrected chi connectivity index (χ0v) is 17.0. The van der Waals surface area contributed by atoms with E-state index in [2.05, 4.69) is 10.2 Å². The molecule has 0 aliphatic carbocycles. The molecule has 6 rings (SSSR count). The second-order valence-corrected chi connectivity index (χ2v) is 9.02. The number of hydrogen-bond donors (Lipinski definition) is 1. The van der Waals surface area contributed by atoms with Gasteiger partial charge in [0.2, 0.25) is 17.7 Å². The third-order valence-corrected chi connectivity index (χ3v) is 7.44. The first-order valence-corrected chi connectivity index (χ1v) is 10.6. The van der Waals surface area contributed by atoms with E-state index in [1.165, 1.54) is 4.90 Å². The predicted molar refractivity (Wildman–Crippen MR) is 112 cm³/mol. The van der Waals surface area contributed by atoms with E-state index in [0.717, 1.165) is 41.8 Å². The van der Waals surface area contributed by atoms with Crippen LogP contribution in [0.15, 0.2) is 42.5 Å². The normalized spacial score (nSPS) is 32.0. The molecule has 30 heavy (non-hydrogen) atoms. The molecule has 1 spiro atoms. The van der Waals surface area contributed by atoms with Crippen molar-refractivity contribution in [3.8, 4) is 0 Å². The van der Waals surface area contributed by atoms with Gasteiger partial charge in [-0.3, -0.25) is 19.3 Å². The third-order valence-electron chi connectivity index (χ3n) is 7.44. The van der Waals surface area contributed by atoms with Crippen molar-refractivity contribution in [2.45, 2.75) is 38.3 Å². The van der Waals surface area contributed by atoms with Crippen molar-refractivity contribution < 1.29 is 14.4 Å². The molecular formula is C24H23N3O3. The van der Waals surface area contributed by atoms with Crippen LogP contribution in [0.1, 0.15) is 29.5 Å². The number of benzene rings is 2. The molecule has 0 saturated carbocycles. The zero-order chi connectivity index (χ0) is 20.8. The molecule has 0 bridgehead atoms. The van der Waals surface area contributed by atoms with Gasteiger partial charge in [0.1, 0.15) is 5.54 Å². The number of nitrogens with one attached hydrogen (secondary N) is 1. The Balaban J connectivity index is 1.56. The second kappa shape index (κ2) is 5.79.